The maximum absolute atomic E-state index is 4.48. The second kappa shape index (κ2) is 8.37. The first-order valence-corrected chi connectivity index (χ1v) is 8.19. The molecule has 2 aromatic rings. The zero-order valence-electron chi connectivity index (χ0n) is 13.9. The van der Waals surface area contributed by atoms with Gasteiger partial charge in [-0.25, -0.2) is 9.97 Å². The van der Waals surface area contributed by atoms with E-state index in [0.29, 0.717) is 0 Å². The molecule has 0 fully saturated rings. The van der Waals surface area contributed by atoms with Crippen LogP contribution in [0.1, 0.15) is 33.6 Å². The fourth-order valence-electron chi connectivity index (χ4n) is 2.62. The molecule has 22 heavy (non-hydrogen) atoms. The van der Waals surface area contributed by atoms with E-state index in [1.165, 1.54) is 0 Å². The van der Waals surface area contributed by atoms with Gasteiger partial charge in [-0.1, -0.05) is 32.0 Å². The van der Waals surface area contributed by atoms with Gasteiger partial charge in [0.25, 0.3) is 0 Å². The Bertz CT molecular complexity index is 550. The van der Waals surface area contributed by atoms with Crippen LogP contribution in [0.2, 0.25) is 0 Å². The van der Waals surface area contributed by atoms with Crippen molar-refractivity contribution in [2.75, 3.05) is 29.4 Å². The smallest absolute Gasteiger partial charge is 0.138 e. The van der Waals surface area contributed by atoms with Crippen LogP contribution in [0.4, 0.5) is 17.3 Å². The Labute approximate surface area is 133 Å². The molecular formula is C18H26N4. The number of nitrogens with zero attached hydrogens (tertiary/aromatic N) is 4. The highest BCUT2D eigenvalue weighted by molar-refractivity contribution is 5.62. The summed E-state index contributed by atoms with van der Waals surface area (Å²) in [6.45, 7) is 9.48. The van der Waals surface area contributed by atoms with Crippen molar-refractivity contribution < 1.29 is 0 Å². The third kappa shape index (κ3) is 3.97. The first-order valence-electron chi connectivity index (χ1n) is 8.19. The first kappa shape index (κ1) is 16.3. The van der Waals surface area contributed by atoms with Gasteiger partial charge in [0.15, 0.2) is 0 Å². The van der Waals surface area contributed by atoms with Crippen LogP contribution in [-0.2, 0) is 0 Å². The number of para-hydroxylation sites is 1. The fourth-order valence-corrected chi connectivity index (χ4v) is 2.62. The van der Waals surface area contributed by atoms with E-state index in [4.69, 9.17) is 0 Å². The summed E-state index contributed by atoms with van der Waals surface area (Å²) < 4.78 is 0. The van der Waals surface area contributed by atoms with Gasteiger partial charge in [-0.2, -0.15) is 0 Å². The number of anilines is 3. The summed E-state index contributed by atoms with van der Waals surface area (Å²) >= 11 is 0. The molecule has 0 saturated heterocycles. The molecule has 4 nitrogen and oxygen atoms in total. The molecule has 0 N–H and O–H groups in total. The van der Waals surface area contributed by atoms with E-state index in [2.05, 4.69) is 70.9 Å². The van der Waals surface area contributed by atoms with E-state index in [0.717, 1.165) is 49.8 Å². The molecule has 0 aliphatic rings. The summed E-state index contributed by atoms with van der Waals surface area (Å²) in [5, 5.41) is 0. The minimum Gasteiger partial charge on any atom is -0.356 e. The lowest BCUT2D eigenvalue weighted by Crippen LogP contribution is -2.26. The average molecular weight is 298 g/mol. The number of hydrogen-bond donors (Lipinski definition) is 0. The van der Waals surface area contributed by atoms with E-state index in [-0.39, 0.29) is 0 Å². The van der Waals surface area contributed by atoms with E-state index in [1.807, 2.05) is 6.07 Å². The maximum atomic E-state index is 4.48. The Morgan fingerprint density at radius 3 is 2.09 bits per heavy atom. The van der Waals surface area contributed by atoms with Crippen LogP contribution in [-0.4, -0.2) is 29.6 Å². The highest BCUT2D eigenvalue weighted by atomic mass is 15.2. The molecule has 1 aromatic heterocycles. The van der Waals surface area contributed by atoms with Gasteiger partial charge in [0, 0.05) is 31.4 Å². The van der Waals surface area contributed by atoms with E-state index in [1.54, 1.807) is 6.33 Å². The van der Waals surface area contributed by atoms with Crippen LogP contribution in [0, 0.1) is 0 Å². The monoisotopic (exact) mass is 298 g/mol. The van der Waals surface area contributed by atoms with Crippen molar-refractivity contribution in [1.29, 1.82) is 0 Å². The molecule has 0 saturated carbocycles. The minimum atomic E-state index is 0.877. The molecule has 0 unspecified atom stereocenters. The third-order valence-electron chi connectivity index (χ3n) is 3.61. The minimum absolute atomic E-state index is 0.877. The van der Waals surface area contributed by atoms with Crippen LogP contribution < -0.4 is 9.80 Å². The number of hydrogen-bond acceptors (Lipinski definition) is 4. The lowest BCUT2D eigenvalue weighted by atomic mass is 10.2. The average Bonchev–Trinajstić information content (AvgIpc) is 2.57. The Balaban J connectivity index is 2.29. The zero-order valence-corrected chi connectivity index (χ0v) is 13.9. The zero-order chi connectivity index (χ0) is 15.8. The van der Waals surface area contributed by atoms with Crippen LogP contribution in [0.5, 0.6) is 0 Å². The second-order valence-electron chi connectivity index (χ2n) is 5.30. The van der Waals surface area contributed by atoms with Crippen molar-refractivity contribution in [2.45, 2.75) is 33.6 Å². The molecule has 0 spiro atoms. The Hall–Kier alpha value is -2.10. The van der Waals surface area contributed by atoms with Gasteiger partial charge in [-0.3, -0.25) is 0 Å². The van der Waals surface area contributed by atoms with Crippen LogP contribution >= 0.6 is 0 Å². The summed E-state index contributed by atoms with van der Waals surface area (Å²) in [5.74, 6) is 1.97. The summed E-state index contributed by atoms with van der Waals surface area (Å²) in [4.78, 5) is 13.5. The fraction of sp³-hybridized carbons (Fsp3) is 0.444. The van der Waals surface area contributed by atoms with E-state index in [9.17, 15) is 0 Å². The maximum Gasteiger partial charge on any atom is 0.138 e. The largest absolute Gasteiger partial charge is 0.356 e. The highest BCUT2D eigenvalue weighted by Crippen LogP contribution is 2.25. The lowest BCUT2D eigenvalue weighted by Gasteiger charge is -2.26. The quantitative estimate of drug-likeness (QED) is 0.729. The van der Waals surface area contributed by atoms with Crippen LogP contribution in [0.15, 0.2) is 42.7 Å². The summed E-state index contributed by atoms with van der Waals surface area (Å²) in [6, 6.07) is 12.5. The standard InChI is InChI=1S/C18H26N4/c1-4-12-21(13-5-2)17-14-18(20-15-19-17)22(6-3)16-10-8-7-9-11-16/h7-11,14-15H,4-6,12-13H2,1-3H3. The second-order valence-corrected chi connectivity index (χ2v) is 5.30. The van der Waals surface area contributed by atoms with E-state index < -0.39 is 0 Å². The van der Waals surface area contributed by atoms with Crippen molar-refractivity contribution in [3.05, 3.63) is 42.7 Å². The molecule has 1 heterocycles. The van der Waals surface area contributed by atoms with Gasteiger partial charge in [-0.15, -0.1) is 0 Å². The molecule has 2 rings (SSSR count). The topological polar surface area (TPSA) is 32.3 Å². The summed E-state index contributed by atoms with van der Waals surface area (Å²) in [7, 11) is 0. The Kier molecular flexibility index (Phi) is 6.19. The molecule has 0 aliphatic carbocycles. The SMILES string of the molecule is CCCN(CCC)c1cc(N(CC)c2ccccc2)ncn1. The predicted octanol–water partition coefficient (Wildman–Crippen LogP) is 4.26. The molecule has 0 radical (unpaired) electrons. The van der Waals surface area contributed by atoms with Crippen molar-refractivity contribution in [3.8, 4) is 0 Å². The van der Waals surface area contributed by atoms with Gasteiger partial charge in [0.1, 0.15) is 18.0 Å². The lowest BCUT2D eigenvalue weighted by molar-refractivity contribution is 0.732. The third-order valence-corrected chi connectivity index (χ3v) is 3.61. The Morgan fingerprint density at radius 1 is 0.864 bits per heavy atom. The van der Waals surface area contributed by atoms with E-state index >= 15 is 0 Å². The molecule has 0 aliphatic heterocycles. The van der Waals surface area contributed by atoms with Crippen molar-refractivity contribution in [1.82, 2.24) is 9.97 Å². The molecule has 1 aromatic carbocycles. The normalized spacial score (nSPS) is 10.5. The number of benzene rings is 1. The summed E-state index contributed by atoms with van der Waals surface area (Å²) in [5.41, 5.74) is 1.16. The van der Waals surface area contributed by atoms with Gasteiger partial charge < -0.3 is 9.80 Å². The van der Waals surface area contributed by atoms with Crippen molar-refractivity contribution >= 4 is 17.3 Å². The van der Waals surface area contributed by atoms with Crippen LogP contribution in [0.25, 0.3) is 0 Å². The molecule has 0 atom stereocenters. The van der Waals surface area contributed by atoms with Crippen LogP contribution in [0.3, 0.4) is 0 Å². The highest BCUT2D eigenvalue weighted by Gasteiger charge is 2.12. The van der Waals surface area contributed by atoms with Gasteiger partial charge in [-0.05, 0) is 31.9 Å². The number of aromatic nitrogens is 2. The van der Waals surface area contributed by atoms with Crippen molar-refractivity contribution in [3.63, 3.8) is 0 Å². The van der Waals surface area contributed by atoms with Gasteiger partial charge in [0.2, 0.25) is 0 Å². The molecule has 118 valence electrons. The van der Waals surface area contributed by atoms with Gasteiger partial charge in [0.05, 0.1) is 0 Å². The number of rotatable bonds is 8. The predicted molar refractivity (Wildman–Crippen MR) is 93.9 cm³/mol. The molecule has 4 heteroatoms. The van der Waals surface area contributed by atoms with Gasteiger partial charge >= 0.3 is 0 Å². The molecular weight excluding hydrogens is 272 g/mol. The molecule has 0 amide bonds. The van der Waals surface area contributed by atoms with Crippen molar-refractivity contribution in [2.24, 2.45) is 0 Å². The Morgan fingerprint density at radius 2 is 1.50 bits per heavy atom. The first-order chi connectivity index (χ1) is 10.8. The molecule has 0 bridgehead atoms. The summed E-state index contributed by atoms with van der Waals surface area (Å²) in [6.07, 6.45) is 3.92.